The van der Waals surface area contributed by atoms with Gasteiger partial charge in [-0.15, -0.1) is 0 Å². The largest absolute Gasteiger partial charge is 0.457 e. The lowest BCUT2D eigenvalue weighted by atomic mass is 10.2. The van der Waals surface area contributed by atoms with Crippen LogP contribution in [0, 0.1) is 0 Å². The lowest BCUT2D eigenvalue weighted by Gasteiger charge is -2.13. The van der Waals surface area contributed by atoms with Gasteiger partial charge in [0, 0.05) is 23.7 Å². The molecule has 0 aliphatic rings. The van der Waals surface area contributed by atoms with Crippen LogP contribution in [0.25, 0.3) is 0 Å². The van der Waals surface area contributed by atoms with Gasteiger partial charge in [-0.2, -0.15) is 0 Å². The predicted octanol–water partition coefficient (Wildman–Crippen LogP) is 5.14. The molecule has 2 amide bonds. The Morgan fingerprint density at radius 2 is 1.62 bits per heavy atom. The SMILES string of the molecule is CC(=O)Nc1ccc(Cl)cc1NCC(=O)Nc1cccc(Oc2ccccc2)c1. The van der Waals surface area contributed by atoms with Crippen molar-refractivity contribution in [2.75, 3.05) is 22.5 Å². The summed E-state index contributed by atoms with van der Waals surface area (Å²) in [6.45, 7) is 1.41. The molecule has 0 fully saturated rings. The number of carbonyl (C=O) groups excluding carboxylic acids is 2. The molecule has 0 spiro atoms. The van der Waals surface area contributed by atoms with E-state index in [9.17, 15) is 9.59 Å². The second-order valence-electron chi connectivity index (χ2n) is 6.22. The standard InChI is InChI=1S/C22H20ClN3O3/c1-15(27)25-20-11-10-16(23)12-21(20)24-14-22(28)26-17-6-5-9-19(13-17)29-18-7-3-2-4-8-18/h2-13,24H,14H2,1H3,(H,25,27)(H,26,28). The summed E-state index contributed by atoms with van der Waals surface area (Å²) in [5.74, 6) is 0.861. The number of benzene rings is 3. The molecule has 0 unspecified atom stereocenters. The molecular weight excluding hydrogens is 390 g/mol. The van der Waals surface area contributed by atoms with Gasteiger partial charge in [0.2, 0.25) is 11.8 Å². The fraction of sp³-hybridized carbons (Fsp3) is 0.0909. The van der Waals surface area contributed by atoms with Crippen LogP contribution in [0.2, 0.25) is 5.02 Å². The van der Waals surface area contributed by atoms with Crippen LogP contribution < -0.4 is 20.7 Å². The van der Waals surface area contributed by atoms with E-state index < -0.39 is 0 Å². The summed E-state index contributed by atoms with van der Waals surface area (Å²) >= 11 is 6.02. The van der Waals surface area contributed by atoms with Crippen LogP contribution in [0.3, 0.4) is 0 Å². The first-order chi connectivity index (χ1) is 14.0. The van der Waals surface area contributed by atoms with Crippen LogP contribution in [0.5, 0.6) is 11.5 Å². The van der Waals surface area contributed by atoms with Crippen molar-refractivity contribution in [1.29, 1.82) is 0 Å². The Bertz CT molecular complexity index is 1010. The summed E-state index contributed by atoms with van der Waals surface area (Å²) in [6, 6.07) is 21.5. The molecule has 0 aliphatic carbocycles. The van der Waals surface area contributed by atoms with Crippen LogP contribution in [-0.2, 0) is 9.59 Å². The molecule has 3 aromatic rings. The van der Waals surface area contributed by atoms with Crippen molar-refractivity contribution in [3.63, 3.8) is 0 Å². The first-order valence-electron chi connectivity index (χ1n) is 8.93. The lowest BCUT2D eigenvalue weighted by Crippen LogP contribution is -2.22. The molecule has 0 saturated heterocycles. The number of halogens is 1. The Balaban J connectivity index is 1.61. The number of amides is 2. The molecule has 7 heteroatoms. The van der Waals surface area contributed by atoms with Crippen molar-refractivity contribution in [2.45, 2.75) is 6.92 Å². The number of rotatable bonds is 7. The summed E-state index contributed by atoms with van der Waals surface area (Å²) in [4.78, 5) is 23.7. The summed E-state index contributed by atoms with van der Waals surface area (Å²) in [6.07, 6.45) is 0. The maximum Gasteiger partial charge on any atom is 0.243 e. The molecule has 0 aromatic heterocycles. The zero-order valence-electron chi connectivity index (χ0n) is 15.7. The molecule has 0 bridgehead atoms. The van der Waals surface area contributed by atoms with Crippen molar-refractivity contribution in [1.82, 2.24) is 0 Å². The Kier molecular flexibility index (Phi) is 6.71. The molecule has 0 radical (unpaired) electrons. The minimum Gasteiger partial charge on any atom is -0.457 e. The van der Waals surface area contributed by atoms with Gasteiger partial charge in [0.25, 0.3) is 0 Å². The smallest absolute Gasteiger partial charge is 0.243 e. The second kappa shape index (κ2) is 9.61. The molecule has 0 heterocycles. The zero-order chi connectivity index (χ0) is 20.6. The molecule has 0 aliphatic heterocycles. The third kappa shape index (κ3) is 6.26. The first kappa shape index (κ1) is 20.2. The van der Waals surface area contributed by atoms with E-state index in [4.69, 9.17) is 16.3 Å². The Morgan fingerprint density at radius 1 is 0.862 bits per heavy atom. The predicted molar refractivity (Wildman–Crippen MR) is 116 cm³/mol. The number of para-hydroxylation sites is 1. The number of ether oxygens (including phenoxy) is 1. The normalized spacial score (nSPS) is 10.1. The Hall–Kier alpha value is -3.51. The van der Waals surface area contributed by atoms with E-state index in [1.807, 2.05) is 36.4 Å². The van der Waals surface area contributed by atoms with Gasteiger partial charge in [-0.3, -0.25) is 9.59 Å². The number of nitrogens with one attached hydrogen (secondary N) is 3. The highest BCUT2D eigenvalue weighted by Crippen LogP contribution is 2.26. The monoisotopic (exact) mass is 409 g/mol. The van der Waals surface area contributed by atoms with E-state index in [0.29, 0.717) is 33.6 Å². The van der Waals surface area contributed by atoms with Crippen molar-refractivity contribution >= 4 is 40.5 Å². The number of anilines is 3. The number of hydrogen-bond acceptors (Lipinski definition) is 4. The fourth-order valence-corrected chi connectivity index (χ4v) is 2.78. The van der Waals surface area contributed by atoms with Crippen LogP contribution in [-0.4, -0.2) is 18.4 Å². The van der Waals surface area contributed by atoms with E-state index in [1.165, 1.54) is 6.92 Å². The topological polar surface area (TPSA) is 79.5 Å². The van der Waals surface area contributed by atoms with Gasteiger partial charge in [0.15, 0.2) is 0 Å². The van der Waals surface area contributed by atoms with Gasteiger partial charge in [-0.1, -0.05) is 35.9 Å². The van der Waals surface area contributed by atoms with Crippen LogP contribution in [0.1, 0.15) is 6.92 Å². The maximum atomic E-state index is 12.3. The molecule has 148 valence electrons. The van der Waals surface area contributed by atoms with Crippen molar-refractivity contribution in [3.05, 3.63) is 77.8 Å². The highest BCUT2D eigenvalue weighted by atomic mass is 35.5. The molecule has 3 N–H and O–H groups in total. The van der Waals surface area contributed by atoms with E-state index in [-0.39, 0.29) is 18.4 Å². The summed E-state index contributed by atoms with van der Waals surface area (Å²) in [5, 5.41) is 8.99. The van der Waals surface area contributed by atoms with E-state index in [1.54, 1.807) is 36.4 Å². The average molecular weight is 410 g/mol. The van der Waals surface area contributed by atoms with Crippen LogP contribution >= 0.6 is 11.6 Å². The van der Waals surface area contributed by atoms with Gasteiger partial charge in [0.1, 0.15) is 11.5 Å². The minimum atomic E-state index is -0.254. The Morgan fingerprint density at radius 3 is 2.38 bits per heavy atom. The van der Waals surface area contributed by atoms with Crippen LogP contribution in [0.15, 0.2) is 72.8 Å². The van der Waals surface area contributed by atoms with Crippen molar-refractivity contribution in [3.8, 4) is 11.5 Å². The maximum absolute atomic E-state index is 12.3. The molecule has 6 nitrogen and oxygen atoms in total. The number of carbonyl (C=O) groups is 2. The third-order valence-corrected chi connectivity index (χ3v) is 4.06. The minimum absolute atomic E-state index is 0.00328. The van der Waals surface area contributed by atoms with E-state index in [0.717, 1.165) is 0 Å². The highest BCUT2D eigenvalue weighted by Gasteiger charge is 2.08. The molecule has 0 saturated carbocycles. The number of hydrogen-bond donors (Lipinski definition) is 3. The van der Waals surface area contributed by atoms with Gasteiger partial charge in [-0.25, -0.2) is 0 Å². The van der Waals surface area contributed by atoms with E-state index in [2.05, 4.69) is 16.0 Å². The van der Waals surface area contributed by atoms with Gasteiger partial charge in [0.05, 0.1) is 17.9 Å². The molecule has 0 atom stereocenters. The summed E-state index contributed by atoms with van der Waals surface area (Å²) in [7, 11) is 0. The Labute approximate surface area is 173 Å². The highest BCUT2D eigenvalue weighted by molar-refractivity contribution is 6.31. The summed E-state index contributed by atoms with van der Waals surface area (Å²) < 4.78 is 5.77. The first-order valence-corrected chi connectivity index (χ1v) is 9.31. The molecule has 3 aromatic carbocycles. The van der Waals surface area contributed by atoms with Gasteiger partial charge in [-0.05, 0) is 42.5 Å². The van der Waals surface area contributed by atoms with Crippen molar-refractivity contribution < 1.29 is 14.3 Å². The van der Waals surface area contributed by atoms with Gasteiger partial charge < -0.3 is 20.7 Å². The van der Waals surface area contributed by atoms with Crippen molar-refractivity contribution in [2.24, 2.45) is 0 Å². The lowest BCUT2D eigenvalue weighted by molar-refractivity contribution is -0.115. The molecule has 3 rings (SSSR count). The molecule has 29 heavy (non-hydrogen) atoms. The van der Waals surface area contributed by atoms with E-state index >= 15 is 0 Å². The fourth-order valence-electron chi connectivity index (χ4n) is 2.60. The molecular formula is C22H20ClN3O3. The third-order valence-electron chi connectivity index (χ3n) is 3.83. The average Bonchev–Trinajstić information content (AvgIpc) is 2.69. The summed E-state index contributed by atoms with van der Waals surface area (Å²) in [5.41, 5.74) is 1.72. The van der Waals surface area contributed by atoms with Crippen LogP contribution in [0.4, 0.5) is 17.1 Å². The van der Waals surface area contributed by atoms with Gasteiger partial charge >= 0.3 is 0 Å². The second-order valence-corrected chi connectivity index (χ2v) is 6.65. The quantitative estimate of drug-likeness (QED) is 0.504. The zero-order valence-corrected chi connectivity index (χ0v) is 16.5.